The molecular weight excluding hydrogens is 162 g/mol. The number of aliphatic hydroxyl groups is 1. The van der Waals surface area contributed by atoms with Gasteiger partial charge in [0.2, 0.25) is 4.69 Å². The molecule has 0 unspecified atom stereocenters. The van der Waals surface area contributed by atoms with Crippen LogP contribution in [0.1, 0.15) is 0 Å². The van der Waals surface area contributed by atoms with E-state index < -0.39 is 6.04 Å². The van der Waals surface area contributed by atoms with Crippen molar-refractivity contribution in [3.05, 3.63) is 0 Å². The summed E-state index contributed by atoms with van der Waals surface area (Å²) >= 11 is 2.58. The highest BCUT2D eigenvalue weighted by Crippen LogP contribution is 1.87. The molecule has 3 nitrogen and oxygen atoms in total. The summed E-state index contributed by atoms with van der Waals surface area (Å²) in [5, 5.41) is 8.13. The number of nitrogens with two attached hydrogens (primary N) is 1. The predicted octanol–water partition coefficient (Wildman–Crippen LogP) is -0.772. The van der Waals surface area contributed by atoms with Crippen LogP contribution in [0.3, 0.4) is 0 Å². The van der Waals surface area contributed by atoms with Crippen molar-refractivity contribution in [3.63, 3.8) is 0 Å². The highest BCUT2D eigenvalue weighted by Gasteiger charge is 2.05. The molecule has 4 heteroatoms. The largest absolute Gasteiger partial charge is 0.394 e. The normalized spacial score (nSPS) is 13.6. The van der Waals surface area contributed by atoms with Gasteiger partial charge in [0.05, 0.1) is 12.6 Å². The Bertz CT molecular complexity index is 75.3. The molecule has 3 N–H and O–H groups in total. The second kappa shape index (κ2) is 3.12. The molecule has 42 valence electrons. The van der Waals surface area contributed by atoms with E-state index in [1.54, 1.807) is 0 Å². The van der Waals surface area contributed by atoms with Gasteiger partial charge in [-0.25, -0.2) is 0 Å². The molecule has 0 heterocycles. The Balaban J connectivity index is 3.34. The maximum absolute atomic E-state index is 10.0. The molecule has 0 amide bonds. The third kappa shape index (κ3) is 2.73. The highest BCUT2D eigenvalue weighted by molar-refractivity contribution is 9.18. The zero-order chi connectivity index (χ0) is 5.86. The summed E-state index contributed by atoms with van der Waals surface area (Å²) in [7, 11) is 0. The Morgan fingerprint density at radius 2 is 2.43 bits per heavy atom. The number of aliphatic hydroxyl groups excluding tert-OH is 1. The molecule has 0 saturated heterocycles. The molecule has 0 saturated carbocycles. The summed E-state index contributed by atoms with van der Waals surface area (Å²) in [4.78, 5) is 10.0. The second-order valence-electron chi connectivity index (χ2n) is 1.09. The first kappa shape index (κ1) is 7.07. The van der Waals surface area contributed by atoms with E-state index in [4.69, 9.17) is 10.8 Å². The Labute approximate surface area is 49.6 Å². The summed E-state index contributed by atoms with van der Waals surface area (Å²) < 4.78 is -0.366. The summed E-state index contributed by atoms with van der Waals surface area (Å²) in [6.07, 6.45) is 0. The van der Waals surface area contributed by atoms with Gasteiger partial charge in [-0.15, -0.1) is 0 Å². The number of carbonyl (C=O) groups excluding carboxylic acids is 1. The Morgan fingerprint density at radius 3 is 2.43 bits per heavy atom. The number of carbonyl (C=O) groups is 1. The molecule has 0 bridgehead atoms. The van der Waals surface area contributed by atoms with Crippen molar-refractivity contribution in [1.82, 2.24) is 0 Å². The van der Waals surface area contributed by atoms with E-state index in [0.717, 1.165) is 0 Å². The smallest absolute Gasteiger partial charge is 0.216 e. The van der Waals surface area contributed by atoms with Gasteiger partial charge >= 0.3 is 0 Å². The topological polar surface area (TPSA) is 63.3 Å². The molecule has 0 aromatic carbocycles. The monoisotopic (exact) mass is 167 g/mol. The zero-order valence-corrected chi connectivity index (χ0v) is 5.18. The van der Waals surface area contributed by atoms with Gasteiger partial charge in [-0.3, -0.25) is 4.79 Å². The molecule has 0 spiro atoms. The van der Waals surface area contributed by atoms with Crippen molar-refractivity contribution >= 4 is 20.6 Å². The first-order valence-electron chi connectivity index (χ1n) is 1.74. The average Bonchev–Trinajstić information content (AvgIpc) is 1.65. The third-order valence-corrected chi connectivity index (χ3v) is 1.08. The van der Waals surface area contributed by atoms with Crippen molar-refractivity contribution in [2.24, 2.45) is 5.73 Å². The van der Waals surface area contributed by atoms with Crippen molar-refractivity contribution in [2.75, 3.05) is 6.61 Å². The van der Waals surface area contributed by atoms with Gasteiger partial charge in [-0.1, -0.05) is 0 Å². The van der Waals surface area contributed by atoms with Gasteiger partial charge in [0.25, 0.3) is 0 Å². The lowest BCUT2D eigenvalue weighted by atomic mass is 10.4. The molecule has 0 fully saturated rings. The van der Waals surface area contributed by atoms with E-state index in [0.29, 0.717) is 0 Å². The Morgan fingerprint density at radius 1 is 2.00 bits per heavy atom. The van der Waals surface area contributed by atoms with Gasteiger partial charge in [-0.05, 0) is 15.9 Å². The van der Waals surface area contributed by atoms with E-state index in [1.807, 2.05) is 0 Å². The van der Waals surface area contributed by atoms with Crippen LogP contribution >= 0.6 is 15.9 Å². The maximum Gasteiger partial charge on any atom is 0.216 e. The van der Waals surface area contributed by atoms with Crippen molar-refractivity contribution < 1.29 is 9.90 Å². The van der Waals surface area contributed by atoms with Crippen LogP contribution in [0.25, 0.3) is 0 Å². The lowest BCUT2D eigenvalue weighted by molar-refractivity contribution is -0.112. The summed E-state index contributed by atoms with van der Waals surface area (Å²) in [6, 6.07) is -0.764. The van der Waals surface area contributed by atoms with Gasteiger partial charge in [0.15, 0.2) is 0 Å². The van der Waals surface area contributed by atoms with Crippen molar-refractivity contribution in [1.29, 1.82) is 0 Å². The molecule has 1 atom stereocenters. The van der Waals surface area contributed by atoms with Gasteiger partial charge < -0.3 is 10.8 Å². The van der Waals surface area contributed by atoms with Crippen LogP contribution in [0.4, 0.5) is 0 Å². The fourth-order valence-corrected chi connectivity index (χ4v) is 0.217. The maximum atomic E-state index is 10.0. The fourth-order valence-electron chi connectivity index (χ4n) is 0.0718. The minimum Gasteiger partial charge on any atom is -0.394 e. The van der Waals surface area contributed by atoms with E-state index in [1.165, 1.54) is 0 Å². The number of hydrogen-bond acceptors (Lipinski definition) is 3. The van der Waals surface area contributed by atoms with E-state index in [-0.39, 0.29) is 11.3 Å². The molecule has 0 aliphatic heterocycles. The Kier molecular flexibility index (Phi) is 3.15. The van der Waals surface area contributed by atoms with Crippen LogP contribution < -0.4 is 5.73 Å². The van der Waals surface area contributed by atoms with Crippen LogP contribution in [0, 0.1) is 0 Å². The molecule has 0 aliphatic rings. The number of hydrogen-bond donors (Lipinski definition) is 2. The van der Waals surface area contributed by atoms with Crippen LogP contribution in [-0.4, -0.2) is 22.4 Å². The molecule has 0 radical (unpaired) electrons. The summed E-state index contributed by atoms with van der Waals surface area (Å²) in [5.41, 5.74) is 4.97. The molecule has 0 rings (SSSR count). The van der Waals surface area contributed by atoms with Gasteiger partial charge in [-0.2, -0.15) is 0 Å². The van der Waals surface area contributed by atoms with E-state index in [9.17, 15) is 4.79 Å². The first-order valence-corrected chi connectivity index (χ1v) is 2.53. The lowest BCUT2D eigenvalue weighted by Gasteiger charge is -1.96. The molecule has 0 aromatic rings. The predicted molar refractivity (Wildman–Crippen MR) is 29.0 cm³/mol. The lowest BCUT2D eigenvalue weighted by Crippen LogP contribution is -2.30. The van der Waals surface area contributed by atoms with Crippen LogP contribution in [0.15, 0.2) is 0 Å². The van der Waals surface area contributed by atoms with Crippen LogP contribution in [-0.2, 0) is 4.79 Å². The number of halogens is 1. The average molecular weight is 168 g/mol. The molecular formula is C3H6BrNO2. The fraction of sp³-hybridized carbons (Fsp3) is 0.667. The van der Waals surface area contributed by atoms with Crippen LogP contribution in [0.5, 0.6) is 0 Å². The first-order chi connectivity index (χ1) is 3.18. The van der Waals surface area contributed by atoms with E-state index >= 15 is 0 Å². The quantitative estimate of drug-likeness (QED) is 0.532. The minimum absolute atomic E-state index is 0.302. The molecule has 0 aliphatic carbocycles. The summed E-state index contributed by atoms with van der Waals surface area (Å²) in [5.74, 6) is 0. The van der Waals surface area contributed by atoms with Crippen molar-refractivity contribution in [3.8, 4) is 0 Å². The SMILES string of the molecule is N[C@H](CO)C(=O)Br. The van der Waals surface area contributed by atoms with Gasteiger partial charge in [0, 0.05) is 0 Å². The number of rotatable bonds is 2. The third-order valence-electron chi connectivity index (χ3n) is 0.488. The Hall–Kier alpha value is 0.0700. The van der Waals surface area contributed by atoms with Crippen LogP contribution in [0.2, 0.25) is 0 Å². The molecule has 0 aromatic heterocycles. The van der Waals surface area contributed by atoms with Crippen molar-refractivity contribution in [2.45, 2.75) is 6.04 Å². The zero-order valence-electron chi connectivity index (χ0n) is 3.60. The van der Waals surface area contributed by atoms with E-state index in [2.05, 4.69) is 15.9 Å². The molecule has 7 heavy (non-hydrogen) atoms. The summed E-state index contributed by atoms with van der Waals surface area (Å²) in [6.45, 7) is -0.302. The van der Waals surface area contributed by atoms with Gasteiger partial charge in [0.1, 0.15) is 0 Å². The highest BCUT2D eigenvalue weighted by atomic mass is 79.9. The standard InChI is InChI=1S/C3H6BrNO2/c4-3(7)2(5)1-6/h2,6H,1,5H2/t2-/m1/s1. The second-order valence-corrected chi connectivity index (χ2v) is 1.87. The minimum atomic E-state index is -0.764.